The normalized spacial score (nSPS) is 22.9. The minimum Gasteiger partial charge on any atom is -0.396 e. The molecular weight excluding hydrogens is 424 g/mol. The van der Waals surface area contributed by atoms with Crippen LogP contribution in [0.25, 0.3) is 0 Å². The quantitative estimate of drug-likeness (QED) is 0.291. The summed E-state index contributed by atoms with van der Waals surface area (Å²) in [6.07, 6.45) is 28.2. The highest BCUT2D eigenvalue weighted by Gasteiger charge is 2.48. The van der Waals surface area contributed by atoms with Crippen LogP contribution in [0.2, 0.25) is 0 Å². The molecule has 0 aromatic heterocycles. The molecule has 34 heavy (non-hydrogen) atoms. The standard InChI is InChI=1S/C30H60O4/c31-25-21-29(22-26-32)19-17-15-13-11-9-7-5-3-1-2-4-6-8-10-12-14-16-18-20-30(29,23-27-33)24-28-34/h31-34H,1-28H2. The lowest BCUT2D eigenvalue weighted by Gasteiger charge is -2.52. The molecule has 0 aromatic rings. The van der Waals surface area contributed by atoms with Crippen molar-refractivity contribution in [2.45, 2.75) is 154 Å². The maximum absolute atomic E-state index is 10.1. The van der Waals surface area contributed by atoms with Crippen LogP contribution in [-0.4, -0.2) is 46.9 Å². The zero-order valence-electron chi connectivity index (χ0n) is 22.6. The first-order valence-electron chi connectivity index (χ1n) is 15.1. The minimum absolute atomic E-state index is 0.110. The van der Waals surface area contributed by atoms with E-state index in [1.807, 2.05) is 0 Å². The monoisotopic (exact) mass is 484 g/mol. The molecule has 0 aromatic carbocycles. The zero-order valence-corrected chi connectivity index (χ0v) is 22.6. The van der Waals surface area contributed by atoms with Crippen molar-refractivity contribution >= 4 is 0 Å². The molecular formula is C30H60O4. The first-order valence-corrected chi connectivity index (χ1v) is 15.1. The summed E-state index contributed by atoms with van der Waals surface area (Å²) < 4.78 is 0. The number of rotatable bonds is 8. The van der Waals surface area contributed by atoms with Crippen LogP contribution in [0.15, 0.2) is 0 Å². The van der Waals surface area contributed by atoms with E-state index in [1.165, 1.54) is 103 Å². The summed E-state index contributed by atoms with van der Waals surface area (Å²) >= 11 is 0. The topological polar surface area (TPSA) is 80.9 Å². The molecule has 0 aliphatic heterocycles. The molecule has 1 saturated carbocycles. The highest BCUT2D eigenvalue weighted by Crippen LogP contribution is 2.56. The third-order valence-electron chi connectivity index (χ3n) is 9.05. The van der Waals surface area contributed by atoms with Gasteiger partial charge in [0.05, 0.1) is 0 Å². The number of hydrogen-bond donors (Lipinski definition) is 4. The third-order valence-corrected chi connectivity index (χ3v) is 9.05. The van der Waals surface area contributed by atoms with E-state index in [2.05, 4.69) is 0 Å². The first kappa shape index (κ1) is 31.9. The SMILES string of the molecule is OCCC1(CCO)CCCCCCCCCCCCCCCCCCCCC1(CCO)CCO. The van der Waals surface area contributed by atoms with Gasteiger partial charge < -0.3 is 20.4 Å². The lowest BCUT2D eigenvalue weighted by atomic mass is 9.53. The fraction of sp³-hybridized carbons (Fsp3) is 1.00. The van der Waals surface area contributed by atoms with Crippen molar-refractivity contribution in [3.05, 3.63) is 0 Å². The summed E-state index contributed by atoms with van der Waals surface area (Å²) in [5.74, 6) is 0. The molecule has 4 nitrogen and oxygen atoms in total. The Labute approximate surface area is 211 Å². The van der Waals surface area contributed by atoms with Crippen molar-refractivity contribution < 1.29 is 20.4 Å². The molecule has 0 radical (unpaired) electrons. The van der Waals surface area contributed by atoms with Crippen molar-refractivity contribution in [3.63, 3.8) is 0 Å². The van der Waals surface area contributed by atoms with E-state index < -0.39 is 0 Å². The van der Waals surface area contributed by atoms with Crippen molar-refractivity contribution in [3.8, 4) is 0 Å². The van der Waals surface area contributed by atoms with E-state index in [9.17, 15) is 20.4 Å². The van der Waals surface area contributed by atoms with E-state index >= 15 is 0 Å². The highest BCUT2D eigenvalue weighted by atomic mass is 16.3. The Hall–Kier alpha value is -0.160. The van der Waals surface area contributed by atoms with Gasteiger partial charge in [0.2, 0.25) is 0 Å². The zero-order chi connectivity index (χ0) is 24.8. The second-order valence-corrected chi connectivity index (χ2v) is 11.3. The molecule has 0 heterocycles. The molecule has 4 heteroatoms. The second kappa shape index (κ2) is 21.0. The van der Waals surface area contributed by atoms with Crippen LogP contribution in [0.5, 0.6) is 0 Å². The molecule has 0 spiro atoms. The van der Waals surface area contributed by atoms with E-state index in [-0.39, 0.29) is 37.3 Å². The number of aliphatic hydroxyl groups excluding tert-OH is 4. The van der Waals surface area contributed by atoms with Gasteiger partial charge >= 0.3 is 0 Å². The van der Waals surface area contributed by atoms with Gasteiger partial charge in [-0.05, 0) is 49.4 Å². The number of aliphatic hydroxyl groups is 4. The fourth-order valence-electron chi connectivity index (χ4n) is 6.95. The predicted octanol–water partition coefficient (Wildman–Crippen LogP) is 7.30. The van der Waals surface area contributed by atoms with Crippen LogP contribution in [0, 0.1) is 10.8 Å². The summed E-state index contributed by atoms with van der Waals surface area (Å²) in [4.78, 5) is 0. The molecule has 1 aliphatic rings. The highest BCUT2D eigenvalue weighted by molar-refractivity contribution is 4.98. The maximum Gasteiger partial charge on any atom is 0.0436 e. The average molecular weight is 485 g/mol. The van der Waals surface area contributed by atoms with Crippen molar-refractivity contribution in [1.29, 1.82) is 0 Å². The first-order chi connectivity index (χ1) is 16.7. The largest absolute Gasteiger partial charge is 0.396 e. The molecule has 0 saturated heterocycles. The van der Waals surface area contributed by atoms with Crippen molar-refractivity contribution in [2.75, 3.05) is 26.4 Å². The van der Waals surface area contributed by atoms with E-state index in [4.69, 9.17) is 0 Å². The van der Waals surface area contributed by atoms with Crippen LogP contribution < -0.4 is 0 Å². The maximum atomic E-state index is 10.1. The van der Waals surface area contributed by atoms with E-state index in [1.54, 1.807) is 0 Å². The Morgan fingerprint density at radius 1 is 0.294 bits per heavy atom. The molecule has 0 bridgehead atoms. The van der Waals surface area contributed by atoms with Gasteiger partial charge in [0.15, 0.2) is 0 Å². The van der Waals surface area contributed by atoms with Crippen LogP contribution >= 0.6 is 0 Å². The fourth-order valence-corrected chi connectivity index (χ4v) is 6.95. The molecule has 1 aliphatic carbocycles. The Morgan fingerprint density at radius 2 is 0.471 bits per heavy atom. The van der Waals surface area contributed by atoms with Gasteiger partial charge in [0, 0.05) is 26.4 Å². The summed E-state index contributed by atoms with van der Waals surface area (Å²) in [5.41, 5.74) is -0.419. The van der Waals surface area contributed by atoms with E-state index in [0.29, 0.717) is 25.7 Å². The van der Waals surface area contributed by atoms with E-state index in [0.717, 1.165) is 25.7 Å². The molecule has 0 atom stereocenters. The smallest absolute Gasteiger partial charge is 0.0436 e. The Morgan fingerprint density at radius 3 is 0.647 bits per heavy atom. The van der Waals surface area contributed by atoms with Gasteiger partial charge in [0.25, 0.3) is 0 Å². The van der Waals surface area contributed by atoms with Gasteiger partial charge in [-0.3, -0.25) is 0 Å². The second-order valence-electron chi connectivity index (χ2n) is 11.3. The summed E-state index contributed by atoms with van der Waals surface area (Å²) in [6, 6.07) is 0. The van der Waals surface area contributed by atoms with Crippen LogP contribution in [-0.2, 0) is 0 Å². The Bertz CT molecular complexity index is 388. The summed E-state index contributed by atoms with van der Waals surface area (Å²) in [7, 11) is 0. The van der Waals surface area contributed by atoms with Crippen molar-refractivity contribution in [1.82, 2.24) is 0 Å². The van der Waals surface area contributed by atoms with Gasteiger partial charge in [-0.2, -0.15) is 0 Å². The van der Waals surface area contributed by atoms with Gasteiger partial charge in [-0.25, -0.2) is 0 Å². The molecule has 1 fully saturated rings. The molecule has 1 rings (SSSR count). The van der Waals surface area contributed by atoms with Gasteiger partial charge in [0.1, 0.15) is 0 Å². The predicted molar refractivity (Wildman–Crippen MR) is 144 cm³/mol. The Balaban J connectivity index is 2.90. The Kier molecular flexibility index (Phi) is 19.7. The number of hydrogen-bond acceptors (Lipinski definition) is 4. The van der Waals surface area contributed by atoms with Gasteiger partial charge in [-0.15, -0.1) is 0 Å². The van der Waals surface area contributed by atoms with Crippen LogP contribution in [0.4, 0.5) is 0 Å². The van der Waals surface area contributed by atoms with Gasteiger partial charge in [-0.1, -0.05) is 116 Å². The molecule has 0 unspecified atom stereocenters. The lowest BCUT2D eigenvalue weighted by Crippen LogP contribution is -2.45. The molecule has 204 valence electrons. The summed E-state index contributed by atoms with van der Waals surface area (Å²) in [6.45, 7) is 0.439. The van der Waals surface area contributed by atoms with Crippen LogP contribution in [0.1, 0.15) is 154 Å². The van der Waals surface area contributed by atoms with Crippen molar-refractivity contribution in [2.24, 2.45) is 10.8 Å². The minimum atomic E-state index is -0.209. The lowest BCUT2D eigenvalue weighted by molar-refractivity contribution is -0.0601. The average Bonchev–Trinajstić information content (AvgIpc) is 2.82. The third kappa shape index (κ3) is 12.2. The molecule has 4 N–H and O–H groups in total. The van der Waals surface area contributed by atoms with Crippen LogP contribution in [0.3, 0.4) is 0 Å². The summed E-state index contributed by atoms with van der Waals surface area (Å²) in [5, 5.41) is 40.2. The molecule has 0 amide bonds.